The molecule has 0 aliphatic rings. The van der Waals surface area contributed by atoms with E-state index in [2.05, 4.69) is 15.5 Å². The third-order valence-electron chi connectivity index (χ3n) is 3.71. The Morgan fingerprint density at radius 2 is 2.00 bits per heavy atom. The van der Waals surface area contributed by atoms with Gasteiger partial charge < -0.3 is 16.2 Å². The summed E-state index contributed by atoms with van der Waals surface area (Å²) in [5, 5.41) is 20.3. The number of benzene rings is 1. The molecule has 1 heterocycles. The van der Waals surface area contributed by atoms with Crippen molar-refractivity contribution >= 4 is 39.3 Å². The Hall–Kier alpha value is -3.25. The average Bonchev–Trinajstić information content (AvgIpc) is 2.58. The highest BCUT2D eigenvalue weighted by atomic mass is 32.2. The first kappa shape index (κ1) is 20.1. The second-order valence-corrected chi connectivity index (χ2v) is 6.77. The summed E-state index contributed by atoms with van der Waals surface area (Å²) in [6.45, 7) is 3.21. The zero-order valence-corrected chi connectivity index (χ0v) is 15.2. The van der Waals surface area contributed by atoms with Gasteiger partial charge in [0.2, 0.25) is 12.3 Å². The van der Waals surface area contributed by atoms with E-state index in [1.165, 1.54) is 19.1 Å². The van der Waals surface area contributed by atoms with Gasteiger partial charge in [-0.3, -0.25) is 18.7 Å². The Labute approximate surface area is 153 Å². The number of hydrogen-bond acceptors (Lipinski definition) is 8. The third kappa shape index (κ3) is 3.96. The van der Waals surface area contributed by atoms with Crippen LogP contribution in [0, 0.1) is 6.92 Å². The Kier molecular flexibility index (Phi) is 5.61. The smallest absolute Gasteiger partial charge is 0.296 e. The first-order valence-corrected chi connectivity index (χ1v) is 9.01. The number of nitrogens with one attached hydrogen (secondary N) is 1. The lowest BCUT2D eigenvalue weighted by molar-refractivity contribution is -0.105. The molecule has 0 bridgehead atoms. The zero-order chi connectivity index (χ0) is 20.4. The maximum Gasteiger partial charge on any atom is 0.296 e. The largest absolute Gasteiger partial charge is 0.493 e. The third-order valence-corrected chi connectivity index (χ3v) is 4.64. The van der Waals surface area contributed by atoms with Crippen LogP contribution in [0.15, 0.2) is 38.1 Å². The molecule has 0 spiro atoms. The van der Waals surface area contributed by atoms with Gasteiger partial charge in [0.1, 0.15) is 10.6 Å². The Bertz CT molecular complexity index is 1090. The first-order chi connectivity index (χ1) is 12.6. The summed E-state index contributed by atoms with van der Waals surface area (Å²) in [6, 6.07) is 3.47. The zero-order valence-electron chi connectivity index (χ0n) is 14.4. The standard InChI is InChI=1S/C15H17N5O6S/c1-3-20-14(22)12(17-7-21)8(2)13(15(20)23)19-18-9-4-5-11(10(16)6-9)27(24,25)26/h4-7,23H,3,16H2,1-2H3,(H,17,21)(H,24,25,26). The number of rotatable bonds is 6. The molecule has 0 aliphatic carbocycles. The Morgan fingerprint density at radius 3 is 2.52 bits per heavy atom. The lowest BCUT2D eigenvalue weighted by atomic mass is 10.2. The number of anilines is 2. The number of azo groups is 1. The number of nitrogens with zero attached hydrogens (tertiary/aromatic N) is 3. The molecule has 11 nitrogen and oxygen atoms in total. The Morgan fingerprint density at radius 1 is 1.33 bits per heavy atom. The van der Waals surface area contributed by atoms with E-state index in [1.54, 1.807) is 6.92 Å². The molecule has 0 fully saturated rings. The van der Waals surface area contributed by atoms with Gasteiger partial charge >= 0.3 is 0 Å². The fourth-order valence-electron chi connectivity index (χ4n) is 2.39. The van der Waals surface area contributed by atoms with Gasteiger partial charge in [-0.2, -0.15) is 13.5 Å². The number of aromatic hydroxyl groups is 1. The molecule has 0 radical (unpaired) electrons. The number of aromatic nitrogens is 1. The number of nitrogen functional groups attached to an aromatic ring is 1. The van der Waals surface area contributed by atoms with Crippen LogP contribution in [0.5, 0.6) is 5.88 Å². The molecule has 144 valence electrons. The van der Waals surface area contributed by atoms with Gasteiger partial charge in [-0.05, 0) is 32.0 Å². The van der Waals surface area contributed by atoms with Crippen molar-refractivity contribution in [1.82, 2.24) is 4.57 Å². The number of carbonyl (C=O) groups is 1. The molecule has 2 aromatic rings. The van der Waals surface area contributed by atoms with Gasteiger partial charge in [0.25, 0.3) is 15.7 Å². The quantitative estimate of drug-likeness (QED) is 0.249. The van der Waals surface area contributed by atoms with Crippen LogP contribution in [0.2, 0.25) is 0 Å². The summed E-state index contributed by atoms with van der Waals surface area (Å²) in [5.41, 5.74) is 4.96. The molecule has 0 unspecified atom stereocenters. The molecule has 5 N–H and O–H groups in total. The van der Waals surface area contributed by atoms with E-state index in [9.17, 15) is 23.1 Å². The summed E-state index contributed by atoms with van der Waals surface area (Å²) >= 11 is 0. The first-order valence-electron chi connectivity index (χ1n) is 7.57. The topological polar surface area (TPSA) is 176 Å². The van der Waals surface area contributed by atoms with E-state index >= 15 is 0 Å². The minimum absolute atomic E-state index is 0.0557. The maximum atomic E-state index is 12.2. The predicted octanol–water partition coefficient (Wildman–Crippen LogP) is 1.69. The van der Waals surface area contributed by atoms with Crippen molar-refractivity contribution in [3.05, 3.63) is 34.1 Å². The van der Waals surface area contributed by atoms with Gasteiger partial charge in [0.15, 0.2) is 5.69 Å². The van der Waals surface area contributed by atoms with Crippen LogP contribution in [0.1, 0.15) is 12.5 Å². The van der Waals surface area contributed by atoms with E-state index in [0.29, 0.717) is 6.41 Å². The molecular weight excluding hydrogens is 378 g/mol. The number of carbonyl (C=O) groups excluding carboxylic acids is 1. The van der Waals surface area contributed by atoms with Crippen LogP contribution in [-0.2, 0) is 21.5 Å². The van der Waals surface area contributed by atoms with Gasteiger partial charge in [-0.25, -0.2) is 0 Å². The Balaban J connectivity index is 2.57. The molecular formula is C15H17N5O6S. The van der Waals surface area contributed by atoms with Crippen molar-refractivity contribution < 1.29 is 22.9 Å². The van der Waals surface area contributed by atoms with Crippen LogP contribution >= 0.6 is 0 Å². The highest BCUT2D eigenvalue weighted by Gasteiger charge is 2.18. The average molecular weight is 395 g/mol. The fourth-order valence-corrected chi connectivity index (χ4v) is 2.98. The molecule has 1 amide bonds. The molecule has 1 aromatic heterocycles. The summed E-state index contributed by atoms with van der Waals surface area (Å²) in [4.78, 5) is 22.5. The highest BCUT2D eigenvalue weighted by molar-refractivity contribution is 7.86. The van der Waals surface area contributed by atoms with Crippen LogP contribution in [0.4, 0.5) is 22.7 Å². The van der Waals surface area contributed by atoms with Gasteiger partial charge in [0, 0.05) is 12.1 Å². The minimum atomic E-state index is -4.47. The van der Waals surface area contributed by atoms with Crippen molar-refractivity contribution in [2.45, 2.75) is 25.3 Å². The van der Waals surface area contributed by atoms with Gasteiger partial charge in [-0.1, -0.05) is 0 Å². The van der Waals surface area contributed by atoms with Crippen molar-refractivity contribution in [3.63, 3.8) is 0 Å². The van der Waals surface area contributed by atoms with Crippen molar-refractivity contribution in [3.8, 4) is 5.88 Å². The van der Waals surface area contributed by atoms with Gasteiger partial charge in [-0.15, -0.1) is 5.11 Å². The van der Waals surface area contributed by atoms with Crippen molar-refractivity contribution in [2.24, 2.45) is 10.2 Å². The lowest BCUT2D eigenvalue weighted by Crippen LogP contribution is -2.23. The highest BCUT2D eigenvalue weighted by Crippen LogP contribution is 2.34. The fraction of sp³-hybridized carbons (Fsp3) is 0.200. The van der Waals surface area contributed by atoms with Crippen LogP contribution in [-0.4, -0.2) is 29.1 Å². The molecule has 1 aromatic carbocycles. The normalized spacial score (nSPS) is 11.7. The summed E-state index contributed by atoms with van der Waals surface area (Å²) < 4.78 is 32.4. The van der Waals surface area contributed by atoms with E-state index < -0.39 is 26.5 Å². The predicted molar refractivity (Wildman–Crippen MR) is 97.3 cm³/mol. The molecule has 27 heavy (non-hydrogen) atoms. The SMILES string of the molecule is CCn1c(O)c(N=Nc2ccc(S(=O)(=O)O)c(N)c2)c(C)c(NC=O)c1=O. The van der Waals surface area contributed by atoms with Crippen LogP contribution in [0.25, 0.3) is 0 Å². The van der Waals surface area contributed by atoms with E-state index in [4.69, 9.17) is 10.3 Å². The number of amides is 1. The van der Waals surface area contributed by atoms with Crippen molar-refractivity contribution in [1.29, 1.82) is 0 Å². The molecule has 12 heteroatoms. The molecule has 0 aliphatic heterocycles. The molecule has 0 atom stereocenters. The van der Waals surface area contributed by atoms with Gasteiger partial charge in [0.05, 0.1) is 11.4 Å². The van der Waals surface area contributed by atoms with Crippen LogP contribution < -0.4 is 16.6 Å². The number of nitrogens with two attached hydrogens (primary N) is 1. The number of hydrogen-bond donors (Lipinski definition) is 4. The maximum absolute atomic E-state index is 12.2. The van der Waals surface area contributed by atoms with E-state index in [-0.39, 0.29) is 34.9 Å². The van der Waals surface area contributed by atoms with E-state index in [0.717, 1.165) is 10.6 Å². The second kappa shape index (κ2) is 7.55. The summed E-state index contributed by atoms with van der Waals surface area (Å²) in [6.07, 6.45) is 0.330. The minimum Gasteiger partial charge on any atom is -0.493 e. The monoisotopic (exact) mass is 395 g/mol. The van der Waals surface area contributed by atoms with Crippen LogP contribution in [0.3, 0.4) is 0 Å². The lowest BCUT2D eigenvalue weighted by Gasteiger charge is -2.13. The van der Waals surface area contributed by atoms with E-state index in [1.807, 2.05) is 0 Å². The van der Waals surface area contributed by atoms with Crippen molar-refractivity contribution in [2.75, 3.05) is 11.1 Å². The molecule has 2 rings (SSSR count). The summed E-state index contributed by atoms with van der Waals surface area (Å²) in [5.74, 6) is -0.442. The molecule has 0 saturated carbocycles. The summed E-state index contributed by atoms with van der Waals surface area (Å²) in [7, 11) is -4.47. The number of pyridine rings is 1. The molecule has 0 saturated heterocycles. The second-order valence-electron chi connectivity index (χ2n) is 5.38.